The Balaban J connectivity index is 1.98. The van der Waals surface area contributed by atoms with E-state index in [9.17, 15) is 18.4 Å². The SMILES string of the molecule is CC(N)CC(=O)N1CCC(C(=O)c2cc(F)ccc2F)CC1. The number of hydrogen-bond acceptors (Lipinski definition) is 3. The van der Waals surface area contributed by atoms with Gasteiger partial charge in [0.2, 0.25) is 5.91 Å². The molecule has 2 N–H and O–H groups in total. The molecule has 6 heteroatoms. The summed E-state index contributed by atoms with van der Waals surface area (Å²) in [6.45, 7) is 2.65. The number of piperidine rings is 1. The minimum Gasteiger partial charge on any atom is -0.343 e. The van der Waals surface area contributed by atoms with E-state index in [4.69, 9.17) is 5.73 Å². The van der Waals surface area contributed by atoms with Gasteiger partial charge in [-0.15, -0.1) is 0 Å². The number of ketones is 1. The second-order valence-electron chi connectivity index (χ2n) is 5.82. The Kier molecular flexibility index (Phi) is 5.24. The standard InChI is InChI=1S/C16H20F2N2O2/c1-10(19)8-15(21)20-6-4-11(5-7-20)16(22)13-9-12(17)2-3-14(13)18/h2-3,9-11H,4-8,19H2,1H3. The van der Waals surface area contributed by atoms with Crippen LogP contribution in [0.25, 0.3) is 0 Å². The van der Waals surface area contributed by atoms with Crippen LogP contribution >= 0.6 is 0 Å². The van der Waals surface area contributed by atoms with Gasteiger partial charge in [-0.3, -0.25) is 9.59 Å². The third-order valence-corrected chi connectivity index (χ3v) is 3.91. The summed E-state index contributed by atoms with van der Waals surface area (Å²) in [5.74, 6) is -2.14. The van der Waals surface area contributed by atoms with E-state index in [1.807, 2.05) is 0 Å². The number of Topliss-reactive ketones (excluding diaryl/α,β-unsaturated/α-hetero) is 1. The fraction of sp³-hybridized carbons (Fsp3) is 0.500. The monoisotopic (exact) mass is 310 g/mol. The smallest absolute Gasteiger partial charge is 0.224 e. The van der Waals surface area contributed by atoms with Gasteiger partial charge in [-0.2, -0.15) is 0 Å². The Morgan fingerprint density at radius 3 is 2.55 bits per heavy atom. The molecule has 1 saturated heterocycles. The van der Waals surface area contributed by atoms with Crippen LogP contribution in [-0.2, 0) is 4.79 Å². The number of nitrogens with two attached hydrogens (primary N) is 1. The number of carbonyl (C=O) groups is 2. The lowest BCUT2D eigenvalue weighted by molar-refractivity contribution is -0.132. The molecule has 0 bridgehead atoms. The molecule has 1 aromatic carbocycles. The Bertz CT molecular complexity index is 567. The van der Waals surface area contributed by atoms with E-state index in [-0.39, 0.29) is 29.9 Å². The first-order valence-corrected chi connectivity index (χ1v) is 7.41. The molecule has 1 heterocycles. The van der Waals surface area contributed by atoms with Crippen molar-refractivity contribution in [3.63, 3.8) is 0 Å². The van der Waals surface area contributed by atoms with Crippen LogP contribution in [0.1, 0.15) is 36.5 Å². The van der Waals surface area contributed by atoms with Gasteiger partial charge in [-0.05, 0) is 38.0 Å². The summed E-state index contributed by atoms with van der Waals surface area (Å²) in [4.78, 5) is 25.9. The molecule has 4 nitrogen and oxygen atoms in total. The van der Waals surface area contributed by atoms with Gasteiger partial charge < -0.3 is 10.6 Å². The van der Waals surface area contributed by atoms with Gasteiger partial charge in [0.1, 0.15) is 11.6 Å². The zero-order chi connectivity index (χ0) is 16.3. The molecule has 1 unspecified atom stereocenters. The number of likely N-dealkylation sites (tertiary alicyclic amines) is 1. The predicted octanol–water partition coefficient (Wildman–Crippen LogP) is 2.12. The summed E-state index contributed by atoms with van der Waals surface area (Å²) >= 11 is 0. The molecule has 2 rings (SSSR count). The lowest BCUT2D eigenvalue weighted by Crippen LogP contribution is -2.42. The topological polar surface area (TPSA) is 63.4 Å². The van der Waals surface area contributed by atoms with Crippen LogP contribution in [0, 0.1) is 17.6 Å². The van der Waals surface area contributed by atoms with Gasteiger partial charge in [0.05, 0.1) is 5.56 Å². The summed E-state index contributed by atoms with van der Waals surface area (Å²) < 4.78 is 26.8. The summed E-state index contributed by atoms with van der Waals surface area (Å²) in [6, 6.07) is 2.68. The first-order valence-electron chi connectivity index (χ1n) is 7.41. The molecule has 0 radical (unpaired) electrons. The van der Waals surface area contributed by atoms with E-state index in [1.165, 1.54) is 0 Å². The van der Waals surface area contributed by atoms with Crippen molar-refractivity contribution >= 4 is 11.7 Å². The van der Waals surface area contributed by atoms with Crippen LogP contribution in [0.4, 0.5) is 8.78 Å². The Hall–Kier alpha value is -1.82. The molecule has 1 amide bonds. The van der Waals surface area contributed by atoms with Crippen LogP contribution in [-0.4, -0.2) is 35.7 Å². The van der Waals surface area contributed by atoms with Crippen LogP contribution in [0.5, 0.6) is 0 Å². The molecule has 0 spiro atoms. The lowest BCUT2D eigenvalue weighted by Gasteiger charge is -2.31. The molecule has 1 atom stereocenters. The molecular formula is C16H20F2N2O2. The number of benzene rings is 1. The summed E-state index contributed by atoms with van der Waals surface area (Å²) in [5, 5.41) is 0. The maximum absolute atomic E-state index is 13.7. The summed E-state index contributed by atoms with van der Waals surface area (Å²) in [7, 11) is 0. The molecule has 1 aliphatic heterocycles. The average Bonchev–Trinajstić information content (AvgIpc) is 2.48. The first-order chi connectivity index (χ1) is 10.4. The maximum atomic E-state index is 13.7. The van der Waals surface area contributed by atoms with Gasteiger partial charge in [-0.1, -0.05) is 0 Å². The van der Waals surface area contributed by atoms with Crippen molar-refractivity contribution in [1.82, 2.24) is 4.90 Å². The number of carbonyl (C=O) groups excluding carboxylic acids is 2. The van der Waals surface area contributed by atoms with Crippen molar-refractivity contribution in [3.8, 4) is 0 Å². The highest BCUT2D eigenvalue weighted by atomic mass is 19.1. The Labute approximate surface area is 128 Å². The predicted molar refractivity (Wildman–Crippen MR) is 78.3 cm³/mol. The second kappa shape index (κ2) is 6.96. The molecule has 1 aliphatic rings. The molecule has 1 fully saturated rings. The van der Waals surface area contributed by atoms with E-state index in [1.54, 1.807) is 11.8 Å². The van der Waals surface area contributed by atoms with E-state index >= 15 is 0 Å². The van der Waals surface area contributed by atoms with Crippen molar-refractivity contribution in [2.75, 3.05) is 13.1 Å². The van der Waals surface area contributed by atoms with Crippen molar-refractivity contribution in [2.45, 2.75) is 32.2 Å². The van der Waals surface area contributed by atoms with Gasteiger partial charge in [-0.25, -0.2) is 8.78 Å². The highest BCUT2D eigenvalue weighted by molar-refractivity contribution is 5.98. The van der Waals surface area contributed by atoms with Gasteiger partial charge in [0.25, 0.3) is 0 Å². The van der Waals surface area contributed by atoms with Crippen molar-refractivity contribution in [3.05, 3.63) is 35.4 Å². The third kappa shape index (κ3) is 3.88. The Morgan fingerprint density at radius 2 is 1.95 bits per heavy atom. The fourth-order valence-electron chi connectivity index (χ4n) is 2.70. The number of nitrogens with zero attached hydrogens (tertiary/aromatic N) is 1. The fourth-order valence-corrected chi connectivity index (χ4v) is 2.70. The van der Waals surface area contributed by atoms with Crippen LogP contribution in [0.2, 0.25) is 0 Å². The number of amides is 1. The summed E-state index contributed by atoms with van der Waals surface area (Å²) in [5.41, 5.74) is 5.40. The van der Waals surface area contributed by atoms with Gasteiger partial charge in [0.15, 0.2) is 5.78 Å². The Morgan fingerprint density at radius 1 is 1.32 bits per heavy atom. The van der Waals surface area contributed by atoms with E-state index in [0.717, 1.165) is 18.2 Å². The molecular weight excluding hydrogens is 290 g/mol. The van der Waals surface area contributed by atoms with E-state index in [0.29, 0.717) is 25.9 Å². The van der Waals surface area contributed by atoms with Crippen LogP contribution in [0.15, 0.2) is 18.2 Å². The van der Waals surface area contributed by atoms with Crippen LogP contribution < -0.4 is 5.73 Å². The highest BCUT2D eigenvalue weighted by Crippen LogP contribution is 2.24. The average molecular weight is 310 g/mol. The zero-order valence-electron chi connectivity index (χ0n) is 12.5. The van der Waals surface area contributed by atoms with E-state index in [2.05, 4.69) is 0 Å². The van der Waals surface area contributed by atoms with Crippen LogP contribution in [0.3, 0.4) is 0 Å². The number of hydrogen-bond donors (Lipinski definition) is 1. The van der Waals surface area contributed by atoms with E-state index < -0.39 is 17.4 Å². The maximum Gasteiger partial charge on any atom is 0.224 e. The zero-order valence-corrected chi connectivity index (χ0v) is 12.5. The largest absolute Gasteiger partial charge is 0.343 e. The number of halogens is 2. The molecule has 1 aromatic rings. The van der Waals surface area contributed by atoms with Gasteiger partial charge in [0, 0.05) is 31.5 Å². The molecule has 22 heavy (non-hydrogen) atoms. The first kappa shape index (κ1) is 16.5. The quantitative estimate of drug-likeness (QED) is 0.867. The highest BCUT2D eigenvalue weighted by Gasteiger charge is 2.29. The van der Waals surface area contributed by atoms with Crippen molar-refractivity contribution in [1.29, 1.82) is 0 Å². The molecule has 0 aromatic heterocycles. The lowest BCUT2D eigenvalue weighted by atomic mass is 9.88. The van der Waals surface area contributed by atoms with Crippen molar-refractivity contribution < 1.29 is 18.4 Å². The minimum absolute atomic E-state index is 0.0298. The third-order valence-electron chi connectivity index (χ3n) is 3.91. The summed E-state index contributed by atoms with van der Waals surface area (Å²) in [6.07, 6.45) is 1.19. The van der Waals surface area contributed by atoms with Crippen molar-refractivity contribution in [2.24, 2.45) is 11.7 Å². The minimum atomic E-state index is -0.707. The van der Waals surface area contributed by atoms with Gasteiger partial charge >= 0.3 is 0 Å². The second-order valence-corrected chi connectivity index (χ2v) is 5.82. The normalized spacial score (nSPS) is 17.4. The molecule has 0 aliphatic carbocycles. The number of rotatable bonds is 4. The molecule has 120 valence electrons. The molecule has 0 saturated carbocycles.